The molecule has 148 valence electrons. The fourth-order valence-corrected chi connectivity index (χ4v) is 3.97. The average Bonchev–Trinajstić information content (AvgIpc) is 3.14. The molecule has 0 amide bonds. The number of aromatic amines is 1. The Kier molecular flexibility index (Phi) is 5.33. The summed E-state index contributed by atoms with van der Waals surface area (Å²) < 4.78 is 12.6. The number of nitrogens with zero attached hydrogens (tertiary/aromatic N) is 1. The van der Waals surface area contributed by atoms with Crippen LogP contribution in [0.3, 0.4) is 0 Å². The van der Waals surface area contributed by atoms with Crippen LogP contribution in [0.4, 0.5) is 0 Å². The molecule has 0 saturated heterocycles. The Morgan fingerprint density at radius 1 is 0.966 bits per heavy atom. The van der Waals surface area contributed by atoms with Crippen molar-refractivity contribution in [2.75, 3.05) is 7.11 Å². The number of aromatic nitrogens is 2. The number of methoxy groups -OCH3 is 1. The van der Waals surface area contributed by atoms with Gasteiger partial charge in [0.1, 0.15) is 12.4 Å². The summed E-state index contributed by atoms with van der Waals surface area (Å²) in [5.41, 5.74) is 7.82. The topological polar surface area (TPSA) is 47.1 Å². The second kappa shape index (κ2) is 7.91. The lowest BCUT2D eigenvalue weighted by molar-refractivity contribution is 0.282. The van der Waals surface area contributed by atoms with Crippen molar-refractivity contribution in [2.45, 2.75) is 27.4 Å². The summed E-state index contributed by atoms with van der Waals surface area (Å²) in [6.07, 6.45) is 0. The summed E-state index contributed by atoms with van der Waals surface area (Å²) in [4.78, 5) is 8.04. The van der Waals surface area contributed by atoms with Crippen LogP contribution in [-0.2, 0) is 6.61 Å². The van der Waals surface area contributed by atoms with E-state index in [1.54, 1.807) is 7.11 Å². The molecule has 0 aliphatic heterocycles. The van der Waals surface area contributed by atoms with Gasteiger partial charge in [0.25, 0.3) is 0 Å². The number of ether oxygens (including phenoxy) is 2. The van der Waals surface area contributed by atoms with Crippen LogP contribution in [0.2, 0.25) is 0 Å². The minimum atomic E-state index is 0.478. The van der Waals surface area contributed by atoms with Crippen molar-refractivity contribution in [1.29, 1.82) is 0 Å². The molecule has 4 rings (SSSR count). The second-order valence-corrected chi connectivity index (χ2v) is 8.10. The highest BCUT2D eigenvalue weighted by Crippen LogP contribution is 2.40. The molecule has 0 aliphatic rings. The van der Waals surface area contributed by atoms with Crippen LogP contribution >= 0.6 is 15.9 Å². The maximum Gasteiger partial charge on any atom is 0.175 e. The Morgan fingerprint density at radius 3 is 2.48 bits per heavy atom. The van der Waals surface area contributed by atoms with Crippen molar-refractivity contribution in [1.82, 2.24) is 9.97 Å². The molecular weight excluding hydrogens is 428 g/mol. The number of hydrogen-bond acceptors (Lipinski definition) is 3. The lowest BCUT2D eigenvalue weighted by Gasteiger charge is -2.16. The van der Waals surface area contributed by atoms with E-state index in [0.717, 1.165) is 26.9 Å². The zero-order chi connectivity index (χ0) is 20.5. The third-order valence-corrected chi connectivity index (χ3v) is 5.81. The van der Waals surface area contributed by atoms with Crippen LogP contribution < -0.4 is 9.47 Å². The normalized spacial score (nSPS) is 11.1. The first-order chi connectivity index (χ1) is 14.0. The third kappa shape index (κ3) is 3.87. The molecule has 0 fully saturated rings. The Bertz CT molecular complexity index is 1160. The van der Waals surface area contributed by atoms with Crippen LogP contribution in [-0.4, -0.2) is 17.1 Å². The number of rotatable bonds is 5. The molecule has 0 bridgehead atoms. The molecule has 0 unspecified atom stereocenters. The monoisotopic (exact) mass is 450 g/mol. The molecule has 1 aromatic heterocycles. The highest BCUT2D eigenvalue weighted by atomic mass is 79.9. The van der Waals surface area contributed by atoms with Gasteiger partial charge in [0.2, 0.25) is 0 Å². The van der Waals surface area contributed by atoms with Crippen molar-refractivity contribution in [3.63, 3.8) is 0 Å². The van der Waals surface area contributed by atoms with Gasteiger partial charge in [0.15, 0.2) is 11.5 Å². The van der Waals surface area contributed by atoms with Crippen LogP contribution in [0.25, 0.3) is 22.4 Å². The number of imidazole rings is 1. The SMILES string of the molecule is COc1cc(-c2nc3ccccc3[nH]2)cc(Br)c1OCc1cc(C)c(C)cc1C. The van der Waals surface area contributed by atoms with Gasteiger partial charge in [0.05, 0.1) is 22.6 Å². The zero-order valence-electron chi connectivity index (χ0n) is 17.0. The highest BCUT2D eigenvalue weighted by Gasteiger charge is 2.15. The summed E-state index contributed by atoms with van der Waals surface area (Å²) in [5, 5.41) is 0. The van der Waals surface area contributed by atoms with Crippen molar-refractivity contribution in [3.05, 3.63) is 75.3 Å². The van der Waals surface area contributed by atoms with Crippen LogP contribution in [0, 0.1) is 20.8 Å². The maximum absolute atomic E-state index is 6.17. The van der Waals surface area contributed by atoms with E-state index in [2.05, 4.69) is 58.8 Å². The number of halogens is 1. The van der Waals surface area contributed by atoms with Gasteiger partial charge in [-0.25, -0.2) is 4.98 Å². The molecule has 0 radical (unpaired) electrons. The van der Waals surface area contributed by atoms with E-state index in [1.807, 2.05) is 36.4 Å². The number of H-pyrrole nitrogens is 1. The predicted molar refractivity (Wildman–Crippen MR) is 121 cm³/mol. The van der Waals surface area contributed by atoms with Gasteiger partial charge in [0, 0.05) is 5.56 Å². The molecular formula is C24H23BrN2O2. The standard InChI is InChI=1S/C24H23BrN2O2/c1-14-9-16(3)18(10-15(14)2)13-29-23-19(25)11-17(12-22(23)28-4)24-26-20-7-5-6-8-21(20)27-24/h5-12H,13H2,1-4H3,(H,26,27). The first-order valence-corrected chi connectivity index (χ1v) is 10.3. The van der Waals surface area contributed by atoms with Gasteiger partial charge in [-0.3, -0.25) is 0 Å². The summed E-state index contributed by atoms with van der Waals surface area (Å²) >= 11 is 3.65. The maximum atomic E-state index is 6.17. The molecule has 29 heavy (non-hydrogen) atoms. The van der Waals surface area contributed by atoms with E-state index in [1.165, 1.54) is 22.3 Å². The summed E-state index contributed by atoms with van der Waals surface area (Å²) in [5.74, 6) is 2.14. The van der Waals surface area contributed by atoms with Crippen LogP contribution in [0.15, 0.2) is 53.0 Å². The predicted octanol–water partition coefficient (Wildman–Crippen LogP) is 6.51. The number of hydrogen-bond donors (Lipinski definition) is 1. The quantitative estimate of drug-likeness (QED) is 0.377. The third-order valence-electron chi connectivity index (χ3n) is 5.22. The summed E-state index contributed by atoms with van der Waals surface area (Å²) in [6, 6.07) is 16.3. The van der Waals surface area contributed by atoms with Gasteiger partial charge in [-0.2, -0.15) is 0 Å². The van der Waals surface area contributed by atoms with E-state index in [-0.39, 0.29) is 0 Å². The molecule has 4 nitrogen and oxygen atoms in total. The van der Waals surface area contributed by atoms with E-state index in [9.17, 15) is 0 Å². The van der Waals surface area contributed by atoms with Crippen molar-refractivity contribution >= 4 is 27.0 Å². The van der Waals surface area contributed by atoms with Crippen LogP contribution in [0.5, 0.6) is 11.5 Å². The van der Waals surface area contributed by atoms with Crippen molar-refractivity contribution in [3.8, 4) is 22.9 Å². The van der Waals surface area contributed by atoms with Gasteiger partial charge in [-0.1, -0.05) is 24.3 Å². The Hall–Kier alpha value is -2.79. The molecule has 0 spiro atoms. The molecule has 5 heteroatoms. The molecule has 1 heterocycles. The zero-order valence-corrected chi connectivity index (χ0v) is 18.6. The molecule has 1 N–H and O–H groups in total. The number of para-hydroxylation sites is 2. The lowest BCUT2D eigenvalue weighted by Crippen LogP contribution is -2.02. The van der Waals surface area contributed by atoms with Crippen molar-refractivity contribution in [2.24, 2.45) is 0 Å². The van der Waals surface area contributed by atoms with Crippen molar-refractivity contribution < 1.29 is 9.47 Å². The van der Waals surface area contributed by atoms with Crippen LogP contribution in [0.1, 0.15) is 22.3 Å². The Morgan fingerprint density at radius 2 is 1.72 bits per heavy atom. The van der Waals surface area contributed by atoms with E-state index < -0.39 is 0 Å². The number of nitrogens with one attached hydrogen (secondary N) is 1. The van der Waals surface area contributed by atoms with Gasteiger partial charge in [-0.05, 0) is 83.2 Å². The minimum Gasteiger partial charge on any atom is -0.493 e. The molecule has 3 aromatic carbocycles. The molecule has 0 atom stereocenters. The fourth-order valence-electron chi connectivity index (χ4n) is 3.41. The fraction of sp³-hybridized carbons (Fsp3) is 0.208. The Labute approximate surface area is 179 Å². The van der Waals surface area contributed by atoms with Gasteiger partial charge in [-0.15, -0.1) is 0 Å². The highest BCUT2D eigenvalue weighted by molar-refractivity contribution is 9.10. The Balaban J connectivity index is 1.65. The van der Waals surface area contributed by atoms with E-state index in [0.29, 0.717) is 18.1 Å². The first kappa shape index (κ1) is 19.5. The minimum absolute atomic E-state index is 0.478. The second-order valence-electron chi connectivity index (χ2n) is 7.24. The largest absolute Gasteiger partial charge is 0.493 e. The molecule has 4 aromatic rings. The lowest BCUT2D eigenvalue weighted by atomic mass is 10.0. The average molecular weight is 451 g/mol. The van der Waals surface area contributed by atoms with Gasteiger partial charge >= 0.3 is 0 Å². The number of fused-ring (bicyclic) bond motifs is 1. The van der Waals surface area contributed by atoms with E-state index in [4.69, 9.17) is 9.47 Å². The smallest absolute Gasteiger partial charge is 0.175 e. The first-order valence-electron chi connectivity index (χ1n) is 9.48. The molecule has 0 aliphatic carbocycles. The summed E-state index contributed by atoms with van der Waals surface area (Å²) in [7, 11) is 1.65. The number of benzene rings is 3. The van der Waals surface area contributed by atoms with Gasteiger partial charge < -0.3 is 14.5 Å². The van der Waals surface area contributed by atoms with E-state index >= 15 is 0 Å². The molecule has 0 saturated carbocycles. The summed E-state index contributed by atoms with van der Waals surface area (Å²) in [6.45, 7) is 6.84. The number of aryl methyl sites for hydroxylation is 3.